The van der Waals surface area contributed by atoms with Crippen molar-refractivity contribution in [3.63, 3.8) is 0 Å². The minimum atomic E-state index is 0.158. The molecule has 0 aromatic rings. The molecule has 0 aromatic carbocycles. The van der Waals surface area contributed by atoms with Crippen molar-refractivity contribution in [3.05, 3.63) is 11.1 Å². The third-order valence-corrected chi connectivity index (χ3v) is 4.39. The van der Waals surface area contributed by atoms with Crippen molar-refractivity contribution in [1.82, 2.24) is 4.90 Å². The van der Waals surface area contributed by atoms with Crippen molar-refractivity contribution in [1.29, 1.82) is 0 Å². The summed E-state index contributed by atoms with van der Waals surface area (Å²) < 4.78 is 0. The Morgan fingerprint density at radius 1 is 1.00 bits per heavy atom. The molecule has 1 aliphatic carbocycles. The fourth-order valence-electron chi connectivity index (χ4n) is 3.06. The molecule has 0 atom stereocenters. The van der Waals surface area contributed by atoms with Crippen LogP contribution in [0, 0.1) is 16.7 Å². The molecule has 2 heteroatoms. The van der Waals surface area contributed by atoms with Gasteiger partial charge in [-0.1, -0.05) is 47.1 Å². The first kappa shape index (κ1) is 14.6. The lowest BCUT2D eigenvalue weighted by molar-refractivity contribution is -0.132. The van der Waals surface area contributed by atoms with Gasteiger partial charge in [0.05, 0.1) is 0 Å². The van der Waals surface area contributed by atoms with E-state index in [1.165, 1.54) is 5.57 Å². The highest BCUT2D eigenvalue weighted by atomic mass is 16.2. The highest BCUT2D eigenvalue weighted by Crippen LogP contribution is 2.42. The van der Waals surface area contributed by atoms with E-state index in [2.05, 4.69) is 46.4 Å². The molecule has 108 valence electrons. The van der Waals surface area contributed by atoms with E-state index in [0.29, 0.717) is 11.8 Å². The van der Waals surface area contributed by atoms with E-state index < -0.39 is 0 Å². The molecule has 1 amide bonds. The number of hydrogen-bond donors (Lipinski definition) is 0. The molecule has 19 heavy (non-hydrogen) atoms. The maximum atomic E-state index is 12.3. The number of hydrogen-bond acceptors (Lipinski definition) is 1. The second-order valence-electron chi connectivity index (χ2n) is 8.24. The summed E-state index contributed by atoms with van der Waals surface area (Å²) in [6.45, 7) is 15.5. The van der Waals surface area contributed by atoms with Crippen molar-refractivity contribution in [2.75, 3.05) is 13.1 Å². The molecule has 0 bridgehead atoms. The molecular formula is C17H29NO. The van der Waals surface area contributed by atoms with Crippen molar-refractivity contribution in [2.24, 2.45) is 16.7 Å². The summed E-state index contributed by atoms with van der Waals surface area (Å²) in [6.07, 6.45) is 3.26. The first-order valence-corrected chi connectivity index (χ1v) is 7.62. The SMILES string of the molecule is CC(C)(C)C1=C(C(C)(C)C)CN(C(=O)C2CC2)CC1. The lowest BCUT2D eigenvalue weighted by atomic mass is 9.72. The Labute approximate surface area is 118 Å². The molecule has 0 unspecified atom stereocenters. The van der Waals surface area contributed by atoms with E-state index in [9.17, 15) is 4.79 Å². The summed E-state index contributed by atoms with van der Waals surface area (Å²) in [5, 5.41) is 0. The van der Waals surface area contributed by atoms with Crippen LogP contribution in [0.15, 0.2) is 11.1 Å². The fourth-order valence-corrected chi connectivity index (χ4v) is 3.06. The van der Waals surface area contributed by atoms with Crippen LogP contribution in [0.25, 0.3) is 0 Å². The highest BCUT2D eigenvalue weighted by Gasteiger charge is 2.38. The normalized spacial score (nSPS) is 21.9. The number of carbonyl (C=O) groups is 1. The molecular weight excluding hydrogens is 234 g/mol. The van der Waals surface area contributed by atoms with E-state index in [1.807, 2.05) is 0 Å². The smallest absolute Gasteiger partial charge is 0.225 e. The summed E-state index contributed by atoms with van der Waals surface area (Å²) >= 11 is 0. The largest absolute Gasteiger partial charge is 0.338 e. The van der Waals surface area contributed by atoms with E-state index in [4.69, 9.17) is 0 Å². The summed E-state index contributed by atoms with van der Waals surface area (Å²) in [5.74, 6) is 0.743. The van der Waals surface area contributed by atoms with Crippen LogP contribution in [0.4, 0.5) is 0 Å². The molecule has 0 N–H and O–H groups in total. The Kier molecular flexibility index (Phi) is 3.57. The summed E-state index contributed by atoms with van der Waals surface area (Å²) in [6, 6.07) is 0. The molecule has 0 saturated heterocycles. The van der Waals surface area contributed by atoms with Gasteiger partial charge in [0.25, 0.3) is 0 Å². The van der Waals surface area contributed by atoms with Gasteiger partial charge in [-0.05, 0) is 35.7 Å². The van der Waals surface area contributed by atoms with E-state index in [0.717, 1.165) is 32.4 Å². The monoisotopic (exact) mass is 263 g/mol. The Morgan fingerprint density at radius 2 is 1.53 bits per heavy atom. The molecule has 0 radical (unpaired) electrons. The van der Waals surface area contributed by atoms with Crippen molar-refractivity contribution < 1.29 is 4.79 Å². The number of amides is 1. The second kappa shape index (κ2) is 4.64. The molecule has 1 fully saturated rings. The van der Waals surface area contributed by atoms with Crippen molar-refractivity contribution >= 4 is 5.91 Å². The number of nitrogens with zero attached hydrogens (tertiary/aromatic N) is 1. The average molecular weight is 263 g/mol. The molecule has 2 rings (SSSR count). The van der Waals surface area contributed by atoms with Gasteiger partial charge in [-0.2, -0.15) is 0 Å². The van der Waals surface area contributed by atoms with Crippen molar-refractivity contribution in [3.8, 4) is 0 Å². The molecule has 1 aliphatic heterocycles. The van der Waals surface area contributed by atoms with E-state index >= 15 is 0 Å². The maximum absolute atomic E-state index is 12.3. The van der Waals surface area contributed by atoms with Gasteiger partial charge in [0.15, 0.2) is 0 Å². The van der Waals surface area contributed by atoms with Crippen LogP contribution in [-0.2, 0) is 4.79 Å². The molecule has 1 heterocycles. The van der Waals surface area contributed by atoms with Gasteiger partial charge in [-0.3, -0.25) is 4.79 Å². The molecule has 2 nitrogen and oxygen atoms in total. The predicted octanol–water partition coefficient (Wildman–Crippen LogP) is 4.02. The standard InChI is InChI=1S/C17H29NO/c1-16(2,3)13-9-10-18(15(19)12-7-8-12)11-14(13)17(4,5)6/h12H,7-11H2,1-6H3. The minimum Gasteiger partial charge on any atom is -0.338 e. The van der Waals surface area contributed by atoms with Gasteiger partial charge in [0.2, 0.25) is 5.91 Å². The zero-order valence-corrected chi connectivity index (χ0v) is 13.5. The van der Waals surface area contributed by atoms with Crippen LogP contribution >= 0.6 is 0 Å². The molecule has 2 aliphatic rings. The predicted molar refractivity (Wildman–Crippen MR) is 79.9 cm³/mol. The Hall–Kier alpha value is -0.790. The topological polar surface area (TPSA) is 20.3 Å². The van der Waals surface area contributed by atoms with Crippen LogP contribution in [-0.4, -0.2) is 23.9 Å². The Bertz CT molecular complexity index is 402. The minimum absolute atomic E-state index is 0.158. The van der Waals surface area contributed by atoms with Crippen LogP contribution in [0.3, 0.4) is 0 Å². The van der Waals surface area contributed by atoms with Gasteiger partial charge in [-0.25, -0.2) is 0 Å². The maximum Gasteiger partial charge on any atom is 0.225 e. The average Bonchev–Trinajstić information content (AvgIpc) is 3.08. The van der Waals surface area contributed by atoms with Gasteiger partial charge in [0, 0.05) is 19.0 Å². The van der Waals surface area contributed by atoms with Crippen LogP contribution in [0.1, 0.15) is 60.8 Å². The fraction of sp³-hybridized carbons (Fsp3) is 0.824. The summed E-state index contributed by atoms with van der Waals surface area (Å²) in [4.78, 5) is 14.4. The lowest BCUT2D eigenvalue weighted by Gasteiger charge is -2.41. The quantitative estimate of drug-likeness (QED) is 0.654. The van der Waals surface area contributed by atoms with Crippen LogP contribution < -0.4 is 0 Å². The first-order chi connectivity index (χ1) is 8.60. The van der Waals surface area contributed by atoms with Gasteiger partial charge < -0.3 is 4.90 Å². The summed E-state index contributed by atoms with van der Waals surface area (Å²) in [7, 11) is 0. The zero-order chi connectivity index (χ0) is 14.4. The van der Waals surface area contributed by atoms with E-state index in [1.54, 1.807) is 5.57 Å². The third-order valence-electron chi connectivity index (χ3n) is 4.39. The Morgan fingerprint density at radius 3 is 1.95 bits per heavy atom. The first-order valence-electron chi connectivity index (χ1n) is 7.62. The molecule has 0 spiro atoms. The van der Waals surface area contributed by atoms with Gasteiger partial charge in [0.1, 0.15) is 0 Å². The van der Waals surface area contributed by atoms with Crippen molar-refractivity contribution in [2.45, 2.75) is 60.8 Å². The second-order valence-corrected chi connectivity index (χ2v) is 8.24. The zero-order valence-electron chi connectivity index (χ0n) is 13.5. The lowest BCUT2D eigenvalue weighted by Crippen LogP contribution is -2.42. The van der Waals surface area contributed by atoms with Crippen LogP contribution in [0.2, 0.25) is 0 Å². The number of rotatable bonds is 1. The molecule has 0 aromatic heterocycles. The number of carbonyl (C=O) groups excluding carboxylic acids is 1. The van der Waals surface area contributed by atoms with Gasteiger partial charge >= 0.3 is 0 Å². The van der Waals surface area contributed by atoms with E-state index in [-0.39, 0.29) is 10.8 Å². The Balaban J connectivity index is 2.26. The van der Waals surface area contributed by atoms with Gasteiger partial charge in [-0.15, -0.1) is 0 Å². The third kappa shape index (κ3) is 3.21. The highest BCUT2D eigenvalue weighted by molar-refractivity contribution is 5.81. The summed E-state index contributed by atoms with van der Waals surface area (Å²) in [5.41, 5.74) is 3.43. The van der Waals surface area contributed by atoms with Crippen LogP contribution in [0.5, 0.6) is 0 Å². The molecule has 1 saturated carbocycles.